The lowest BCUT2D eigenvalue weighted by atomic mass is 10.0. The quantitative estimate of drug-likeness (QED) is 0.297. The third-order valence-corrected chi connectivity index (χ3v) is 5.26. The van der Waals surface area contributed by atoms with Crippen molar-refractivity contribution in [1.29, 1.82) is 0 Å². The number of benzene rings is 4. The summed E-state index contributed by atoms with van der Waals surface area (Å²) in [5.41, 5.74) is 8.85. The summed E-state index contributed by atoms with van der Waals surface area (Å²) >= 11 is 0. The van der Waals surface area contributed by atoms with Crippen LogP contribution in [0, 0.1) is 0 Å². The van der Waals surface area contributed by atoms with Crippen LogP contribution in [0.3, 0.4) is 0 Å². The molecule has 0 radical (unpaired) electrons. The molecular weight excluding hydrogens is 376 g/mol. The predicted molar refractivity (Wildman–Crippen MR) is 132 cm³/mol. The van der Waals surface area contributed by atoms with Gasteiger partial charge in [-0.1, -0.05) is 84.9 Å². The second-order valence-corrected chi connectivity index (χ2v) is 7.64. The van der Waals surface area contributed by atoms with Crippen LogP contribution in [0.1, 0.15) is 36.1 Å². The Hall–Kier alpha value is -3.78. The first-order valence-electron chi connectivity index (χ1n) is 10.6. The van der Waals surface area contributed by atoms with Crippen molar-refractivity contribution in [2.45, 2.75) is 20.3 Å². The fraction of sp³-hybridized carbons (Fsp3) is 0.103. The molecule has 4 aromatic rings. The Balaban J connectivity index is 1.42. The third-order valence-electron chi connectivity index (χ3n) is 5.26. The molecule has 0 spiro atoms. The van der Waals surface area contributed by atoms with Crippen molar-refractivity contribution >= 4 is 22.8 Å². The highest BCUT2D eigenvalue weighted by molar-refractivity contribution is 6.00. The van der Waals surface area contributed by atoms with Crippen LogP contribution in [0.15, 0.2) is 119 Å². The Morgan fingerprint density at radius 3 is 1.19 bits per heavy atom. The van der Waals surface area contributed by atoms with Gasteiger partial charge < -0.3 is 0 Å². The van der Waals surface area contributed by atoms with Gasteiger partial charge in [-0.15, -0.1) is 0 Å². The van der Waals surface area contributed by atoms with Crippen molar-refractivity contribution < 1.29 is 0 Å². The molecule has 0 heterocycles. The Labute approximate surface area is 184 Å². The molecule has 0 unspecified atom stereocenters. The van der Waals surface area contributed by atoms with Gasteiger partial charge >= 0.3 is 0 Å². The molecule has 31 heavy (non-hydrogen) atoms. The molecule has 0 N–H and O–H groups in total. The lowest BCUT2D eigenvalue weighted by Gasteiger charge is -2.05. The van der Waals surface area contributed by atoms with E-state index in [9.17, 15) is 0 Å². The highest BCUT2D eigenvalue weighted by Gasteiger charge is 2.01. The summed E-state index contributed by atoms with van der Waals surface area (Å²) in [5, 5.41) is 0. The Morgan fingerprint density at radius 1 is 0.484 bits per heavy atom. The summed E-state index contributed by atoms with van der Waals surface area (Å²) in [4.78, 5) is 9.49. The van der Waals surface area contributed by atoms with Crippen LogP contribution in [0.5, 0.6) is 0 Å². The molecule has 0 aliphatic heterocycles. The van der Waals surface area contributed by atoms with E-state index in [4.69, 9.17) is 9.98 Å². The summed E-state index contributed by atoms with van der Waals surface area (Å²) in [6.07, 6.45) is 0.892. The van der Waals surface area contributed by atoms with Crippen molar-refractivity contribution in [3.8, 4) is 0 Å². The maximum atomic E-state index is 4.74. The molecule has 0 aliphatic rings. The second kappa shape index (κ2) is 9.82. The van der Waals surface area contributed by atoms with Gasteiger partial charge in [0.15, 0.2) is 0 Å². The zero-order chi connectivity index (χ0) is 21.5. The molecule has 0 fully saturated rings. The van der Waals surface area contributed by atoms with Gasteiger partial charge in [-0.05, 0) is 66.8 Å². The summed E-state index contributed by atoms with van der Waals surface area (Å²) in [5.74, 6) is 0. The van der Waals surface area contributed by atoms with Crippen LogP contribution in [0.4, 0.5) is 11.4 Å². The van der Waals surface area contributed by atoms with Crippen molar-refractivity contribution in [2.24, 2.45) is 9.98 Å². The topological polar surface area (TPSA) is 24.7 Å². The fourth-order valence-electron chi connectivity index (χ4n) is 3.49. The maximum absolute atomic E-state index is 4.74. The standard InChI is InChI=1S/C29H26N2/c1-22(26-9-5-3-6-10-26)30-28-17-13-24(14-18-28)21-25-15-19-29(20-16-25)31-23(2)27-11-7-4-8-12-27/h3-20H,21H2,1-2H3. The van der Waals surface area contributed by atoms with E-state index >= 15 is 0 Å². The molecule has 4 aromatic carbocycles. The lowest BCUT2D eigenvalue weighted by molar-refractivity contribution is 1.19. The van der Waals surface area contributed by atoms with Crippen LogP contribution in [0.2, 0.25) is 0 Å². The Kier molecular flexibility index (Phi) is 6.49. The summed E-state index contributed by atoms with van der Waals surface area (Å²) in [7, 11) is 0. The van der Waals surface area contributed by atoms with Crippen LogP contribution < -0.4 is 0 Å². The Morgan fingerprint density at radius 2 is 0.839 bits per heavy atom. The zero-order valence-electron chi connectivity index (χ0n) is 18.0. The van der Waals surface area contributed by atoms with E-state index in [2.05, 4.69) is 72.8 Å². The SMILES string of the molecule is CC(=Nc1ccc(Cc2ccc(N=C(C)c3ccccc3)cc2)cc1)c1ccccc1. The van der Waals surface area contributed by atoms with Gasteiger partial charge in [0, 0.05) is 11.4 Å². The normalized spacial score (nSPS) is 12.1. The monoisotopic (exact) mass is 402 g/mol. The molecule has 0 aromatic heterocycles. The zero-order valence-corrected chi connectivity index (χ0v) is 18.0. The number of hydrogen-bond donors (Lipinski definition) is 0. The first-order valence-corrected chi connectivity index (χ1v) is 10.6. The largest absolute Gasteiger partial charge is 0.253 e. The van der Waals surface area contributed by atoms with Crippen LogP contribution in [-0.2, 0) is 6.42 Å². The molecule has 0 saturated carbocycles. The third kappa shape index (κ3) is 5.64. The van der Waals surface area contributed by atoms with Crippen molar-refractivity contribution in [2.75, 3.05) is 0 Å². The van der Waals surface area contributed by atoms with Crippen LogP contribution in [0.25, 0.3) is 0 Å². The van der Waals surface area contributed by atoms with E-state index in [-0.39, 0.29) is 0 Å². The fourth-order valence-corrected chi connectivity index (χ4v) is 3.49. The van der Waals surface area contributed by atoms with Gasteiger partial charge in [0.2, 0.25) is 0 Å². The molecular formula is C29H26N2. The molecule has 0 saturated heterocycles. The lowest BCUT2D eigenvalue weighted by Crippen LogP contribution is -1.93. The molecule has 0 aliphatic carbocycles. The summed E-state index contributed by atoms with van der Waals surface area (Å²) in [6, 6.07) is 37.5. The van der Waals surface area contributed by atoms with Gasteiger partial charge in [-0.3, -0.25) is 9.98 Å². The first-order chi connectivity index (χ1) is 15.2. The van der Waals surface area contributed by atoms with Crippen molar-refractivity contribution in [1.82, 2.24) is 0 Å². The highest BCUT2D eigenvalue weighted by Crippen LogP contribution is 2.20. The van der Waals surface area contributed by atoms with E-state index in [0.717, 1.165) is 40.3 Å². The van der Waals surface area contributed by atoms with E-state index in [1.807, 2.05) is 50.2 Å². The van der Waals surface area contributed by atoms with E-state index < -0.39 is 0 Å². The molecule has 4 rings (SSSR count). The van der Waals surface area contributed by atoms with Gasteiger partial charge in [-0.25, -0.2) is 0 Å². The molecule has 2 heteroatoms. The summed E-state index contributed by atoms with van der Waals surface area (Å²) in [6.45, 7) is 4.10. The minimum atomic E-state index is 0.892. The first kappa shape index (κ1) is 20.5. The van der Waals surface area contributed by atoms with E-state index in [1.54, 1.807) is 0 Å². The van der Waals surface area contributed by atoms with Gasteiger partial charge in [0.05, 0.1) is 11.4 Å². The average molecular weight is 403 g/mol. The summed E-state index contributed by atoms with van der Waals surface area (Å²) < 4.78 is 0. The molecule has 0 bridgehead atoms. The van der Waals surface area contributed by atoms with Crippen LogP contribution >= 0.6 is 0 Å². The maximum Gasteiger partial charge on any atom is 0.0633 e. The molecule has 152 valence electrons. The average Bonchev–Trinajstić information content (AvgIpc) is 2.82. The minimum absolute atomic E-state index is 0.892. The van der Waals surface area contributed by atoms with E-state index in [1.165, 1.54) is 11.1 Å². The number of aliphatic imine (C=N–C) groups is 2. The van der Waals surface area contributed by atoms with Crippen molar-refractivity contribution in [3.05, 3.63) is 131 Å². The predicted octanol–water partition coefficient (Wildman–Crippen LogP) is 7.56. The van der Waals surface area contributed by atoms with Crippen LogP contribution in [-0.4, -0.2) is 11.4 Å². The number of rotatable bonds is 6. The van der Waals surface area contributed by atoms with Crippen molar-refractivity contribution in [3.63, 3.8) is 0 Å². The molecule has 0 atom stereocenters. The Bertz CT molecular complexity index is 1070. The number of hydrogen-bond acceptors (Lipinski definition) is 2. The number of nitrogens with zero attached hydrogens (tertiary/aromatic N) is 2. The minimum Gasteiger partial charge on any atom is -0.253 e. The van der Waals surface area contributed by atoms with E-state index in [0.29, 0.717) is 0 Å². The van der Waals surface area contributed by atoms with Gasteiger partial charge in [0.25, 0.3) is 0 Å². The smallest absolute Gasteiger partial charge is 0.0633 e. The second-order valence-electron chi connectivity index (χ2n) is 7.64. The highest BCUT2D eigenvalue weighted by atomic mass is 14.7. The molecule has 2 nitrogen and oxygen atoms in total. The molecule has 0 amide bonds. The van der Waals surface area contributed by atoms with Gasteiger partial charge in [0.1, 0.15) is 0 Å². The van der Waals surface area contributed by atoms with Gasteiger partial charge in [-0.2, -0.15) is 0 Å².